The van der Waals surface area contributed by atoms with E-state index in [1.54, 1.807) is 18.3 Å². The minimum atomic E-state index is 0. The van der Waals surface area contributed by atoms with Crippen LogP contribution in [0.2, 0.25) is 0 Å². The first-order valence-electron chi connectivity index (χ1n) is 16.8. The van der Waals surface area contributed by atoms with Crippen LogP contribution in [0.15, 0.2) is 96.0 Å². The molecule has 4 nitrogen and oxygen atoms in total. The maximum atomic E-state index is 10.0. The molecule has 0 aliphatic heterocycles. The van der Waals surface area contributed by atoms with Gasteiger partial charge < -0.3 is 16.0 Å². The van der Waals surface area contributed by atoms with E-state index < -0.39 is 0 Å². The molecule has 3 rings (SSSR count). The van der Waals surface area contributed by atoms with Crippen LogP contribution in [0.5, 0.6) is 0 Å². The molecule has 277 valence electrons. The summed E-state index contributed by atoms with van der Waals surface area (Å²) < 4.78 is 0. The monoisotopic (exact) mass is 905 g/mol. The van der Waals surface area contributed by atoms with Crippen molar-refractivity contribution in [2.75, 3.05) is 0 Å². The molecule has 0 unspecified atom stereocenters. The zero-order valence-corrected chi connectivity index (χ0v) is 43.1. The number of nitrogens with zero attached hydrogens (tertiary/aromatic N) is 1. The molecule has 0 heterocycles. The molecule has 0 aliphatic carbocycles. The minimum absolute atomic E-state index is 0. The molecule has 0 saturated heterocycles. The summed E-state index contributed by atoms with van der Waals surface area (Å²) >= 11 is 0. The molecule has 0 amide bonds. The number of hydrogen-bond donors (Lipinski definition) is 2. The molecule has 49 heavy (non-hydrogen) atoms. The fraction of sp³-hybridized carbons (Fsp3) is 0.452. The number of carbonyl (C=O) groups excluding carboxylic acids is 1. The smallest absolute Gasteiger partial charge is 0.150 e. The van der Waals surface area contributed by atoms with Crippen LogP contribution < -0.4 is 11.1 Å². The average molecular weight is 906 g/mol. The van der Waals surface area contributed by atoms with Crippen LogP contribution in [-0.4, -0.2) is 12.5 Å². The van der Waals surface area contributed by atoms with Gasteiger partial charge in [-0.15, -0.1) is 6.21 Å². The minimum Gasteiger partial charge on any atom is -0.486 e. The van der Waals surface area contributed by atoms with Crippen molar-refractivity contribution in [2.24, 2.45) is 28.5 Å². The fourth-order valence-corrected chi connectivity index (χ4v) is 1.92. The van der Waals surface area contributed by atoms with E-state index in [-0.39, 0.29) is 98.1 Å². The van der Waals surface area contributed by atoms with Crippen LogP contribution in [0.25, 0.3) is 0 Å². The molecule has 0 atom stereocenters. The number of aldehydes is 1. The number of benzene rings is 3. The maximum Gasteiger partial charge on any atom is 0.150 e. The van der Waals surface area contributed by atoms with Gasteiger partial charge in [-0.3, -0.25) is 18.9 Å². The van der Waals surface area contributed by atoms with Gasteiger partial charge in [0.1, 0.15) is 6.29 Å². The van der Waals surface area contributed by atoms with Gasteiger partial charge in [0.15, 0.2) is 0 Å². The van der Waals surface area contributed by atoms with Gasteiger partial charge in [-0.2, -0.15) is 7.05 Å². The van der Waals surface area contributed by atoms with Crippen molar-refractivity contribution in [3.8, 4) is 0 Å². The molecule has 0 saturated carbocycles. The molecule has 7 heteroatoms. The van der Waals surface area contributed by atoms with Crippen molar-refractivity contribution in [1.29, 1.82) is 0 Å². The SMILES string of the molecule is CC.CC.CC.CC(C)C.CC(C)C.CC(C)C.O=Cc1ccccc1.[CH2-]N.[CH2-]N=Cc1ccccc1.[CH2-]NCc1ccccc1.[Y].[Y].[Y]. The molecule has 3 aromatic carbocycles. The normalized spacial score (nSPS) is 7.69. The molecule has 3 aromatic rings. The van der Waals surface area contributed by atoms with Gasteiger partial charge in [0.2, 0.25) is 0 Å². The predicted octanol–water partition coefficient (Wildman–Crippen LogP) is 12.8. The second kappa shape index (κ2) is 73.5. The Hall–Kier alpha value is 0.102. The third kappa shape index (κ3) is 99.2. The zero-order chi connectivity index (χ0) is 37.6. The van der Waals surface area contributed by atoms with Crippen molar-refractivity contribution in [3.63, 3.8) is 0 Å². The van der Waals surface area contributed by atoms with E-state index in [2.05, 4.69) is 112 Å². The average Bonchev–Trinajstić information content (AvgIpc) is 3.06. The summed E-state index contributed by atoms with van der Waals surface area (Å²) in [5.41, 5.74) is 7.34. The van der Waals surface area contributed by atoms with Gasteiger partial charge in [0.05, 0.1) is 0 Å². The Balaban J connectivity index is -0.0000000453. The van der Waals surface area contributed by atoms with Crippen molar-refractivity contribution in [1.82, 2.24) is 5.32 Å². The van der Waals surface area contributed by atoms with E-state index in [4.69, 9.17) is 0 Å². The van der Waals surface area contributed by atoms with Crippen molar-refractivity contribution in [2.45, 2.75) is 110 Å². The number of aliphatic imine (C=N–C) groups is 1. The summed E-state index contributed by atoms with van der Waals surface area (Å²) in [7, 11) is 9.63. The third-order valence-corrected chi connectivity index (χ3v) is 3.15. The molecule has 3 radical (unpaired) electrons. The largest absolute Gasteiger partial charge is 0.486 e. The zero-order valence-electron chi connectivity index (χ0n) is 34.5. The molecule has 0 aromatic heterocycles. The third-order valence-electron chi connectivity index (χ3n) is 3.15. The Labute approximate surface area is 383 Å². The number of nitrogens with one attached hydrogen (secondary N) is 1. The van der Waals surface area contributed by atoms with E-state index >= 15 is 0 Å². The Morgan fingerprint density at radius 1 is 0.571 bits per heavy atom. The van der Waals surface area contributed by atoms with Gasteiger partial charge in [0.25, 0.3) is 0 Å². The molecule has 0 aliphatic rings. The summed E-state index contributed by atoms with van der Waals surface area (Å²) in [5.74, 6) is 2.50. The second-order valence-corrected chi connectivity index (χ2v) is 10.4. The van der Waals surface area contributed by atoms with Crippen molar-refractivity contribution < 1.29 is 103 Å². The molecular weight excluding hydrogens is 829 g/mol. The molecular formula is C42H76N3OY3-3. The Kier molecular flexibility index (Phi) is 111. The Morgan fingerprint density at radius 2 is 0.816 bits per heavy atom. The standard InChI is InChI=1S/C8H10N.C8H8N.C7H6O.3C4H10.3C2H6.CH4N.3Y/c2*1-9-7-8-5-3-2-4-6-8;8-6-7-4-2-1-3-5-7;3*1-4(2)3;4*1-2;;;/h2-6,9H,1,7H2;2-7H,1H2;1-6H;3*4H,1-3H3;3*1-2H3;1-2H2;;;/q2*-1;;;;;;;;-1;;;. The molecule has 3 N–H and O–H groups in total. The van der Waals surface area contributed by atoms with Crippen LogP contribution in [0, 0.1) is 38.9 Å². The summed E-state index contributed by atoms with van der Waals surface area (Å²) in [6.07, 6.45) is 2.56. The van der Waals surface area contributed by atoms with Gasteiger partial charge in [-0.1, -0.05) is 200 Å². The van der Waals surface area contributed by atoms with Crippen LogP contribution in [0.3, 0.4) is 0 Å². The van der Waals surface area contributed by atoms with Gasteiger partial charge >= 0.3 is 0 Å². The van der Waals surface area contributed by atoms with Gasteiger partial charge in [-0.25, -0.2) is 0 Å². The Morgan fingerprint density at radius 3 is 1.02 bits per heavy atom. The summed E-state index contributed by atoms with van der Waals surface area (Å²) in [6, 6.07) is 29.2. The number of hydrogen-bond acceptors (Lipinski definition) is 4. The number of nitrogens with two attached hydrogens (primary N) is 1. The number of rotatable bonds is 4. The predicted molar refractivity (Wildman–Crippen MR) is 215 cm³/mol. The van der Waals surface area contributed by atoms with E-state index in [1.165, 1.54) is 5.56 Å². The second-order valence-electron chi connectivity index (χ2n) is 10.4. The summed E-state index contributed by atoms with van der Waals surface area (Å²) in [4.78, 5) is 13.6. The molecule has 0 bridgehead atoms. The Bertz CT molecular complexity index is 857. The van der Waals surface area contributed by atoms with Crippen LogP contribution >= 0.6 is 0 Å². The topological polar surface area (TPSA) is 67.5 Å². The summed E-state index contributed by atoms with van der Waals surface area (Å²) in [5, 5.41) is 2.83. The van der Waals surface area contributed by atoms with Gasteiger partial charge in [0, 0.05) is 104 Å². The molecule has 0 spiro atoms. The fourth-order valence-electron chi connectivity index (χ4n) is 1.92. The van der Waals surface area contributed by atoms with E-state index in [0.29, 0.717) is 0 Å². The quantitative estimate of drug-likeness (QED) is 0.156. The first-order valence-corrected chi connectivity index (χ1v) is 16.8. The first kappa shape index (κ1) is 74.3. The van der Waals surface area contributed by atoms with Crippen LogP contribution in [-0.2, 0) is 105 Å². The van der Waals surface area contributed by atoms with Crippen LogP contribution in [0.4, 0.5) is 0 Å². The first-order chi connectivity index (χ1) is 22.0. The van der Waals surface area contributed by atoms with Crippen molar-refractivity contribution >= 4 is 12.5 Å². The number of carbonyl (C=O) groups is 1. The van der Waals surface area contributed by atoms with E-state index in [1.807, 2.05) is 108 Å². The maximum absolute atomic E-state index is 10.0. The van der Waals surface area contributed by atoms with Crippen LogP contribution in [0.1, 0.15) is 125 Å². The van der Waals surface area contributed by atoms with E-state index in [0.717, 1.165) is 41.7 Å². The molecule has 0 fully saturated rings. The summed E-state index contributed by atoms with van der Waals surface area (Å²) in [6.45, 7) is 32.3. The van der Waals surface area contributed by atoms with Gasteiger partial charge in [-0.05, 0) is 29.9 Å². The van der Waals surface area contributed by atoms with Crippen molar-refractivity contribution in [3.05, 3.63) is 129 Å². The van der Waals surface area contributed by atoms with E-state index in [9.17, 15) is 4.79 Å².